The number of nitrogens with zero attached hydrogens (tertiary/aromatic N) is 1. The Morgan fingerprint density at radius 3 is 2.14 bits per heavy atom. The number of hydrogen-bond donors (Lipinski definition) is 0. The van der Waals surface area contributed by atoms with Crippen molar-refractivity contribution < 1.29 is 9.59 Å². The summed E-state index contributed by atoms with van der Waals surface area (Å²) in [5.74, 6) is 0.430. The van der Waals surface area contributed by atoms with Crippen LogP contribution in [-0.2, 0) is 9.59 Å². The average molecular weight is 212 g/mol. The SMILES string of the molecule is O=C1C=CC(=O)N1CCCCCC[S]. The second-order valence-corrected chi connectivity index (χ2v) is 3.69. The first-order valence-electron chi connectivity index (χ1n) is 4.87. The number of amides is 2. The molecule has 0 fully saturated rings. The molecule has 1 rings (SSSR count). The van der Waals surface area contributed by atoms with Crippen molar-refractivity contribution in [1.29, 1.82) is 0 Å². The molecule has 0 aromatic rings. The highest BCUT2D eigenvalue weighted by Crippen LogP contribution is 2.07. The van der Waals surface area contributed by atoms with Gasteiger partial charge in [-0.15, -0.1) is 0 Å². The fraction of sp³-hybridized carbons (Fsp3) is 0.600. The number of carbonyl (C=O) groups excluding carboxylic acids is 2. The van der Waals surface area contributed by atoms with Crippen molar-refractivity contribution in [3.8, 4) is 0 Å². The van der Waals surface area contributed by atoms with Gasteiger partial charge >= 0.3 is 0 Å². The molecule has 0 bridgehead atoms. The Morgan fingerprint density at radius 2 is 1.57 bits per heavy atom. The van der Waals surface area contributed by atoms with Gasteiger partial charge in [-0.2, -0.15) is 0 Å². The van der Waals surface area contributed by atoms with Gasteiger partial charge in [0, 0.05) is 24.4 Å². The third-order valence-corrected chi connectivity index (χ3v) is 2.47. The van der Waals surface area contributed by atoms with Crippen LogP contribution in [0, 0.1) is 0 Å². The van der Waals surface area contributed by atoms with Gasteiger partial charge in [0.1, 0.15) is 0 Å². The molecule has 0 aromatic carbocycles. The molecule has 0 aliphatic carbocycles. The molecule has 0 unspecified atom stereocenters. The third-order valence-electron chi connectivity index (χ3n) is 2.18. The van der Waals surface area contributed by atoms with Crippen LogP contribution in [0.5, 0.6) is 0 Å². The van der Waals surface area contributed by atoms with E-state index in [-0.39, 0.29) is 11.8 Å². The van der Waals surface area contributed by atoms with Crippen LogP contribution in [-0.4, -0.2) is 29.0 Å². The van der Waals surface area contributed by atoms with Crippen LogP contribution in [0.3, 0.4) is 0 Å². The monoisotopic (exact) mass is 212 g/mol. The van der Waals surface area contributed by atoms with Gasteiger partial charge in [-0.3, -0.25) is 14.5 Å². The second-order valence-electron chi connectivity index (χ2n) is 3.28. The lowest BCUT2D eigenvalue weighted by Crippen LogP contribution is -2.30. The Bertz CT molecular complexity index is 233. The highest BCUT2D eigenvalue weighted by Gasteiger charge is 2.21. The van der Waals surface area contributed by atoms with E-state index in [1.165, 1.54) is 17.1 Å². The predicted molar refractivity (Wildman–Crippen MR) is 56.8 cm³/mol. The molecular weight excluding hydrogens is 198 g/mol. The zero-order valence-corrected chi connectivity index (χ0v) is 8.89. The van der Waals surface area contributed by atoms with Gasteiger partial charge in [-0.05, 0) is 12.8 Å². The van der Waals surface area contributed by atoms with Gasteiger partial charge in [-0.25, -0.2) is 0 Å². The molecule has 2 amide bonds. The maximum atomic E-state index is 11.1. The summed E-state index contributed by atoms with van der Waals surface area (Å²) in [6, 6.07) is 0. The zero-order valence-electron chi connectivity index (χ0n) is 8.07. The first-order chi connectivity index (χ1) is 6.75. The zero-order chi connectivity index (χ0) is 10.4. The van der Waals surface area contributed by atoms with Crippen LogP contribution in [0.15, 0.2) is 12.2 Å². The van der Waals surface area contributed by atoms with Crippen molar-refractivity contribution in [2.45, 2.75) is 25.7 Å². The summed E-state index contributed by atoms with van der Waals surface area (Å²) < 4.78 is 0. The van der Waals surface area contributed by atoms with E-state index in [0.717, 1.165) is 31.4 Å². The van der Waals surface area contributed by atoms with Gasteiger partial charge in [0.25, 0.3) is 11.8 Å². The highest BCUT2D eigenvalue weighted by atomic mass is 32.1. The minimum atomic E-state index is -0.182. The minimum absolute atomic E-state index is 0.182. The highest BCUT2D eigenvalue weighted by molar-refractivity contribution is 7.80. The molecule has 0 atom stereocenters. The number of rotatable bonds is 6. The van der Waals surface area contributed by atoms with Crippen molar-refractivity contribution >= 4 is 24.4 Å². The average Bonchev–Trinajstić information content (AvgIpc) is 2.48. The lowest BCUT2D eigenvalue weighted by Gasteiger charge is -2.12. The molecule has 3 nitrogen and oxygen atoms in total. The number of unbranched alkanes of at least 4 members (excludes halogenated alkanes) is 3. The molecule has 0 aromatic heterocycles. The molecule has 77 valence electrons. The lowest BCUT2D eigenvalue weighted by atomic mass is 10.2. The van der Waals surface area contributed by atoms with Crippen LogP contribution in [0.25, 0.3) is 0 Å². The molecule has 1 aliphatic rings. The van der Waals surface area contributed by atoms with E-state index in [4.69, 9.17) is 12.6 Å². The smallest absolute Gasteiger partial charge is 0.253 e. The molecular formula is C10H14NO2S. The van der Waals surface area contributed by atoms with Gasteiger partial charge in [-0.1, -0.05) is 25.5 Å². The van der Waals surface area contributed by atoms with Crippen LogP contribution in [0.2, 0.25) is 0 Å². The molecule has 1 heterocycles. The van der Waals surface area contributed by atoms with Crippen molar-refractivity contribution in [1.82, 2.24) is 4.90 Å². The third kappa shape index (κ3) is 3.18. The molecule has 0 saturated carbocycles. The summed E-state index contributed by atoms with van der Waals surface area (Å²) in [4.78, 5) is 23.5. The Morgan fingerprint density at radius 1 is 1.00 bits per heavy atom. The Labute approximate surface area is 89.6 Å². The van der Waals surface area contributed by atoms with E-state index in [2.05, 4.69) is 0 Å². The Hall–Kier alpha value is -0.770. The largest absolute Gasteiger partial charge is 0.275 e. The van der Waals surface area contributed by atoms with E-state index in [1.54, 1.807) is 0 Å². The van der Waals surface area contributed by atoms with Gasteiger partial charge in [0.15, 0.2) is 0 Å². The molecule has 4 heteroatoms. The molecule has 0 spiro atoms. The van der Waals surface area contributed by atoms with Crippen LogP contribution in [0.4, 0.5) is 0 Å². The van der Waals surface area contributed by atoms with Crippen LogP contribution in [0.1, 0.15) is 25.7 Å². The van der Waals surface area contributed by atoms with E-state index in [1.807, 2.05) is 0 Å². The summed E-state index contributed by atoms with van der Waals surface area (Å²) in [7, 11) is 0. The van der Waals surface area contributed by atoms with Gasteiger partial charge < -0.3 is 0 Å². The summed E-state index contributed by atoms with van der Waals surface area (Å²) >= 11 is 4.82. The number of imide groups is 1. The lowest BCUT2D eigenvalue weighted by molar-refractivity contribution is -0.136. The second kappa shape index (κ2) is 5.86. The maximum Gasteiger partial charge on any atom is 0.253 e. The minimum Gasteiger partial charge on any atom is -0.275 e. The summed E-state index contributed by atoms with van der Waals surface area (Å²) in [5, 5.41) is 0. The summed E-state index contributed by atoms with van der Waals surface area (Å²) in [6.45, 7) is 0.544. The molecule has 14 heavy (non-hydrogen) atoms. The summed E-state index contributed by atoms with van der Waals surface area (Å²) in [6.07, 6.45) is 6.71. The summed E-state index contributed by atoms with van der Waals surface area (Å²) in [5.41, 5.74) is 0. The normalized spacial score (nSPS) is 15.6. The van der Waals surface area contributed by atoms with E-state index in [9.17, 15) is 9.59 Å². The molecule has 0 saturated heterocycles. The van der Waals surface area contributed by atoms with E-state index in [0.29, 0.717) is 6.54 Å². The molecule has 1 aliphatic heterocycles. The van der Waals surface area contributed by atoms with Crippen LogP contribution < -0.4 is 0 Å². The Balaban J connectivity index is 2.13. The van der Waals surface area contributed by atoms with E-state index >= 15 is 0 Å². The first kappa shape index (κ1) is 11.3. The van der Waals surface area contributed by atoms with Crippen molar-refractivity contribution in [2.75, 3.05) is 12.3 Å². The fourth-order valence-electron chi connectivity index (χ4n) is 1.38. The topological polar surface area (TPSA) is 37.4 Å². The number of hydrogen-bond acceptors (Lipinski definition) is 2. The first-order valence-corrected chi connectivity index (χ1v) is 5.45. The molecule has 0 N–H and O–H groups in total. The van der Waals surface area contributed by atoms with Crippen LogP contribution >= 0.6 is 12.6 Å². The number of carbonyl (C=O) groups is 2. The maximum absolute atomic E-state index is 11.1. The fourth-order valence-corrected chi connectivity index (χ4v) is 1.58. The van der Waals surface area contributed by atoms with E-state index < -0.39 is 0 Å². The quantitative estimate of drug-likeness (QED) is 0.496. The molecule has 1 radical (unpaired) electrons. The van der Waals surface area contributed by atoms with Gasteiger partial charge in [0.05, 0.1) is 0 Å². The van der Waals surface area contributed by atoms with Crippen molar-refractivity contribution in [2.24, 2.45) is 0 Å². The van der Waals surface area contributed by atoms with Crippen molar-refractivity contribution in [3.63, 3.8) is 0 Å². The van der Waals surface area contributed by atoms with Crippen molar-refractivity contribution in [3.05, 3.63) is 12.2 Å². The Kier molecular flexibility index (Phi) is 4.73. The predicted octanol–water partition coefficient (Wildman–Crippen LogP) is 1.67. The standard InChI is InChI=1S/C10H14NO2S/c12-9-5-6-10(13)11(9)7-3-1-2-4-8-14/h5-6H,1-4,7-8H2. The van der Waals surface area contributed by atoms with Gasteiger partial charge in [0.2, 0.25) is 0 Å².